The first-order chi connectivity index (χ1) is 12.9. The Hall–Kier alpha value is -2.94. The number of rotatable bonds is 5. The van der Waals surface area contributed by atoms with Crippen molar-refractivity contribution in [1.29, 1.82) is 5.41 Å². The van der Waals surface area contributed by atoms with Gasteiger partial charge in [-0.1, -0.05) is 0 Å². The maximum absolute atomic E-state index is 12.7. The van der Waals surface area contributed by atoms with Gasteiger partial charge >= 0.3 is 17.8 Å². The minimum Gasteiger partial charge on any atom is -0.480 e. The SMILES string of the molecule is N=C(N)c1ccc(N2CCN(C3CCCCN3CC(=O)O)C(=O)C2=O)cc1. The van der Waals surface area contributed by atoms with E-state index in [0.29, 0.717) is 37.3 Å². The molecule has 27 heavy (non-hydrogen) atoms. The van der Waals surface area contributed by atoms with Crippen LogP contribution < -0.4 is 10.6 Å². The van der Waals surface area contributed by atoms with Crippen molar-refractivity contribution >= 4 is 29.3 Å². The highest BCUT2D eigenvalue weighted by Gasteiger charge is 2.40. The zero-order valence-electron chi connectivity index (χ0n) is 14.9. The van der Waals surface area contributed by atoms with Crippen LogP contribution in [0.15, 0.2) is 24.3 Å². The van der Waals surface area contributed by atoms with E-state index in [9.17, 15) is 14.4 Å². The number of aliphatic carboxylic acids is 1. The van der Waals surface area contributed by atoms with Crippen LogP contribution in [-0.4, -0.2) is 70.9 Å². The number of likely N-dealkylation sites (tertiary alicyclic amines) is 1. The molecule has 9 nitrogen and oxygen atoms in total. The van der Waals surface area contributed by atoms with Crippen molar-refractivity contribution < 1.29 is 19.5 Å². The van der Waals surface area contributed by atoms with Crippen LogP contribution in [0, 0.1) is 5.41 Å². The van der Waals surface area contributed by atoms with E-state index in [2.05, 4.69) is 0 Å². The molecular formula is C18H23N5O4. The van der Waals surface area contributed by atoms with Crippen LogP contribution in [0.2, 0.25) is 0 Å². The Balaban J connectivity index is 1.74. The Morgan fingerprint density at radius 2 is 1.81 bits per heavy atom. The Morgan fingerprint density at radius 3 is 2.44 bits per heavy atom. The molecule has 1 atom stereocenters. The van der Waals surface area contributed by atoms with Crippen LogP contribution in [-0.2, 0) is 14.4 Å². The zero-order valence-corrected chi connectivity index (χ0v) is 14.9. The number of carbonyl (C=O) groups is 3. The average Bonchev–Trinajstić information content (AvgIpc) is 2.64. The number of carboxylic acid groups (broad SMARTS) is 1. The number of hydrogen-bond donors (Lipinski definition) is 3. The summed E-state index contributed by atoms with van der Waals surface area (Å²) < 4.78 is 0. The third-order valence-electron chi connectivity index (χ3n) is 5.02. The fraction of sp³-hybridized carbons (Fsp3) is 0.444. The molecule has 9 heteroatoms. The molecule has 0 bridgehead atoms. The molecule has 0 saturated carbocycles. The first-order valence-corrected chi connectivity index (χ1v) is 8.91. The van der Waals surface area contributed by atoms with Crippen molar-refractivity contribution in [2.75, 3.05) is 31.1 Å². The van der Waals surface area contributed by atoms with E-state index >= 15 is 0 Å². The van der Waals surface area contributed by atoms with Gasteiger partial charge in [-0.2, -0.15) is 0 Å². The summed E-state index contributed by atoms with van der Waals surface area (Å²) >= 11 is 0. The normalized spacial score (nSPS) is 21.4. The molecule has 2 aliphatic heterocycles. The van der Waals surface area contributed by atoms with Crippen molar-refractivity contribution in [1.82, 2.24) is 9.80 Å². The average molecular weight is 373 g/mol. The van der Waals surface area contributed by atoms with Gasteiger partial charge in [-0.3, -0.25) is 24.7 Å². The summed E-state index contributed by atoms with van der Waals surface area (Å²) in [6, 6.07) is 6.60. The van der Waals surface area contributed by atoms with E-state index in [4.69, 9.17) is 16.2 Å². The maximum Gasteiger partial charge on any atom is 0.317 e. The van der Waals surface area contributed by atoms with Gasteiger partial charge in [0.1, 0.15) is 5.84 Å². The molecule has 0 aromatic heterocycles. The molecule has 3 rings (SSSR count). The molecule has 2 fully saturated rings. The number of benzene rings is 1. The molecule has 0 radical (unpaired) electrons. The van der Waals surface area contributed by atoms with Gasteiger partial charge in [0.2, 0.25) is 0 Å². The number of carbonyl (C=O) groups excluding carboxylic acids is 2. The maximum atomic E-state index is 12.7. The summed E-state index contributed by atoms with van der Waals surface area (Å²) in [5, 5.41) is 16.5. The monoisotopic (exact) mass is 373 g/mol. The molecule has 1 aromatic rings. The number of nitrogens with zero attached hydrogens (tertiary/aromatic N) is 3. The first kappa shape index (κ1) is 18.8. The molecule has 2 amide bonds. The standard InChI is InChI=1S/C18H23N5O4/c19-16(20)12-4-6-13(7-5-12)22-9-10-23(18(27)17(22)26)14-3-1-2-8-21(14)11-15(24)25/h4-7,14H,1-3,8-11H2,(H3,19,20)(H,24,25). The van der Waals surface area contributed by atoms with Gasteiger partial charge in [-0.05, 0) is 43.5 Å². The second-order valence-electron chi connectivity index (χ2n) is 6.76. The van der Waals surface area contributed by atoms with E-state index < -0.39 is 17.8 Å². The zero-order chi connectivity index (χ0) is 19.6. The third kappa shape index (κ3) is 3.92. The highest BCUT2D eigenvalue weighted by molar-refractivity contribution is 6.41. The number of amides is 2. The molecule has 2 saturated heterocycles. The van der Waals surface area contributed by atoms with Crippen LogP contribution in [0.4, 0.5) is 5.69 Å². The fourth-order valence-electron chi connectivity index (χ4n) is 3.69. The summed E-state index contributed by atoms with van der Waals surface area (Å²) in [5.74, 6) is -2.24. The lowest BCUT2D eigenvalue weighted by Gasteiger charge is -2.44. The van der Waals surface area contributed by atoms with Crippen molar-refractivity contribution in [3.63, 3.8) is 0 Å². The molecule has 4 N–H and O–H groups in total. The van der Waals surface area contributed by atoms with Crippen LogP contribution >= 0.6 is 0 Å². The quantitative estimate of drug-likeness (QED) is 0.379. The molecule has 0 aliphatic carbocycles. The number of piperazine rings is 1. The lowest BCUT2D eigenvalue weighted by Crippen LogP contribution is -2.62. The minimum atomic E-state index is -0.940. The summed E-state index contributed by atoms with van der Waals surface area (Å²) in [6.45, 7) is 1.14. The van der Waals surface area contributed by atoms with Crippen molar-refractivity contribution in [3.05, 3.63) is 29.8 Å². The predicted octanol–water partition coefficient (Wildman–Crippen LogP) is 0.0425. The van der Waals surface area contributed by atoms with E-state index in [1.54, 1.807) is 29.2 Å². The fourth-order valence-corrected chi connectivity index (χ4v) is 3.69. The molecule has 0 spiro atoms. The van der Waals surface area contributed by atoms with E-state index in [-0.39, 0.29) is 18.5 Å². The van der Waals surface area contributed by atoms with Crippen LogP contribution in [0.25, 0.3) is 0 Å². The molecule has 1 unspecified atom stereocenters. The second-order valence-corrected chi connectivity index (χ2v) is 6.76. The smallest absolute Gasteiger partial charge is 0.317 e. The van der Waals surface area contributed by atoms with Crippen LogP contribution in [0.5, 0.6) is 0 Å². The van der Waals surface area contributed by atoms with E-state index in [1.165, 1.54) is 9.80 Å². The first-order valence-electron chi connectivity index (χ1n) is 8.91. The highest BCUT2D eigenvalue weighted by Crippen LogP contribution is 2.25. The lowest BCUT2D eigenvalue weighted by atomic mass is 10.1. The number of hydrogen-bond acceptors (Lipinski definition) is 5. The number of piperidine rings is 1. The van der Waals surface area contributed by atoms with Gasteiger partial charge in [0.05, 0.1) is 12.7 Å². The predicted molar refractivity (Wildman–Crippen MR) is 98.4 cm³/mol. The molecular weight excluding hydrogens is 350 g/mol. The Morgan fingerprint density at radius 1 is 1.11 bits per heavy atom. The van der Waals surface area contributed by atoms with Gasteiger partial charge in [-0.25, -0.2) is 0 Å². The number of amidine groups is 1. The van der Waals surface area contributed by atoms with Crippen LogP contribution in [0.1, 0.15) is 24.8 Å². The van der Waals surface area contributed by atoms with Gasteiger partial charge in [-0.15, -0.1) is 0 Å². The lowest BCUT2D eigenvalue weighted by molar-refractivity contribution is -0.154. The molecule has 2 heterocycles. The third-order valence-corrected chi connectivity index (χ3v) is 5.02. The van der Waals surface area contributed by atoms with Gasteiger partial charge in [0, 0.05) is 30.9 Å². The minimum absolute atomic E-state index is 0.0652. The van der Waals surface area contributed by atoms with Crippen molar-refractivity contribution in [2.45, 2.75) is 25.4 Å². The number of nitrogen functional groups attached to an aromatic ring is 1. The summed E-state index contributed by atoms with van der Waals surface area (Å²) in [6.07, 6.45) is 2.09. The van der Waals surface area contributed by atoms with Crippen molar-refractivity contribution in [2.24, 2.45) is 5.73 Å². The Bertz CT molecular complexity index is 764. The van der Waals surface area contributed by atoms with Crippen molar-refractivity contribution in [3.8, 4) is 0 Å². The number of anilines is 1. The Labute approximate surface area is 156 Å². The van der Waals surface area contributed by atoms with Gasteiger partial charge < -0.3 is 20.6 Å². The number of nitrogens with two attached hydrogens (primary N) is 1. The van der Waals surface area contributed by atoms with Crippen LogP contribution in [0.3, 0.4) is 0 Å². The van der Waals surface area contributed by atoms with Gasteiger partial charge in [0.25, 0.3) is 0 Å². The summed E-state index contributed by atoms with van der Waals surface area (Å²) in [5.41, 5.74) is 6.55. The summed E-state index contributed by atoms with van der Waals surface area (Å²) in [7, 11) is 0. The molecule has 2 aliphatic rings. The topological polar surface area (TPSA) is 131 Å². The van der Waals surface area contributed by atoms with Gasteiger partial charge in [0.15, 0.2) is 0 Å². The number of nitrogens with one attached hydrogen (secondary N) is 1. The molecule has 144 valence electrons. The number of carboxylic acids is 1. The highest BCUT2D eigenvalue weighted by atomic mass is 16.4. The van der Waals surface area contributed by atoms with E-state index in [1.807, 2.05) is 0 Å². The van der Waals surface area contributed by atoms with E-state index in [0.717, 1.165) is 12.8 Å². The summed E-state index contributed by atoms with van der Waals surface area (Å²) in [4.78, 5) is 41.2. The Kier molecular flexibility index (Phi) is 5.41. The second kappa shape index (κ2) is 7.75. The largest absolute Gasteiger partial charge is 0.480 e. The molecule has 1 aromatic carbocycles.